The fourth-order valence-electron chi connectivity index (χ4n) is 3.16. The van der Waals surface area contributed by atoms with Gasteiger partial charge >= 0.3 is 6.09 Å². The van der Waals surface area contributed by atoms with Gasteiger partial charge in [0.15, 0.2) is 0 Å². The largest absolute Gasteiger partial charge is 1.00 e. The first-order valence-electron chi connectivity index (χ1n) is 9.52. The summed E-state index contributed by atoms with van der Waals surface area (Å²) in [6, 6.07) is 14.1. The van der Waals surface area contributed by atoms with Gasteiger partial charge in [-0.2, -0.15) is 4.79 Å². The van der Waals surface area contributed by atoms with Crippen LogP contribution in [-0.4, -0.2) is 10.7 Å². The Hall–Kier alpha value is -1.92. The summed E-state index contributed by atoms with van der Waals surface area (Å²) in [6.07, 6.45) is 4.96. The Kier molecular flexibility index (Phi) is 8.23. The molecule has 0 saturated carbocycles. The Morgan fingerprint density at radius 3 is 2.24 bits per heavy atom. The Labute approximate surface area is 191 Å². The molecule has 0 saturated heterocycles. The molecule has 0 amide bonds. The van der Waals surface area contributed by atoms with Crippen molar-refractivity contribution in [3.63, 3.8) is 0 Å². The first kappa shape index (κ1) is 23.4. The summed E-state index contributed by atoms with van der Waals surface area (Å²) in [5, 5.41) is 0. The molecule has 0 fully saturated rings. The molecule has 4 nitrogen and oxygen atoms in total. The molecule has 6 heteroatoms. The number of ether oxygens (including phenoxy) is 1. The van der Waals surface area contributed by atoms with E-state index in [1.165, 1.54) is 4.57 Å². The van der Waals surface area contributed by atoms with Crippen LogP contribution in [0.4, 0.5) is 4.79 Å². The van der Waals surface area contributed by atoms with Crippen LogP contribution in [0.5, 0.6) is 5.75 Å². The minimum absolute atomic E-state index is 0. The van der Waals surface area contributed by atoms with Gasteiger partial charge in [0, 0.05) is 10.0 Å². The molecular weight excluding hydrogens is 496 g/mol. The molecule has 0 unspecified atom stereocenters. The van der Waals surface area contributed by atoms with Crippen LogP contribution in [0.1, 0.15) is 56.2 Å². The number of carbonyl (C=O) groups excluding carboxylic acids is 1. The topological polar surface area (TPSA) is 35.1 Å². The molecule has 0 atom stereocenters. The van der Waals surface area contributed by atoms with Crippen LogP contribution in [-0.2, 0) is 6.54 Å². The van der Waals surface area contributed by atoms with Crippen LogP contribution >= 0.6 is 15.9 Å². The van der Waals surface area contributed by atoms with Gasteiger partial charge in [0.05, 0.1) is 0 Å². The second-order valence-corrected chi connectivity index (χ2v) is 8.38. The van der Waals surface area contributed by atoms with Crippen molar-refractivity contribution in [2.24, 2.45) is 0 Å². The molecule has 3 rings (SSSR count). The highest BCUT2D eigenvalue weighted by molar-refractivity contribution is 9.10. The smallest absolute Gasteiger partial charge is 0.517 e. The first-order chi connectivity index (χ1) is 13.4. The molecule has 1 heterocycles. The highest BCUT2D eigenvalue weighted by Crippen LogP contribution is 2.34. The van der Waals surface area contributed by atoms with Gasteiger partial charge in [0.1, 0.15) is 24.7 Å². The van der Waals surface area contributed by atoms with Crippen LogP contribution in [0.3, 0.4) is 0 Å². The van der Waals surface area contributed by atoms with Gasteiger partial charge in [-0.25, -0.2) is 4.57 Å². The zero-order valence-electron chi connectivity index (χ0n) is 17.1. The van der Waals surface area contributed by atoms with Crippen molar-refractivity contribution in [3.8, 4) is 5.75 Å². The number of carbonyl (C=O) groups is 1. The minimum Gasteiger partial charge on any atom is -1.00 e. The fraction of sp³-hybridized carbons (Fsp3) is 0.304. The van der Waals surface area contributed by atoms with Crippen molar-refractivity contribution in [1.82, 2.24) is 4.57 Å². The lowest BCUT2D eigenvalue weighted by Gasteiger charge is -2.17. The van der Waals surface area contributed by atoms with Gasteiger partial charge in [-0.1, -0.05) is 80.0 Å². The highest BCUT2D eigenvalue weighted by Gasteiger charge is 2.22. The number of benzene rings is 2. The molecule has 0 aliphatic carbocycles. The number of para-hydroxylation sites is 1. The molecule has 0 N–H and O–H groups in total. The van der Waals surface area contributed by atoms with Gasteiger partial charge in [-0.3, -0.25) is 0 Å². The fourth-order valence-corrected chi connectivity index (χ4v) is 3.57. The predicted octanol–water partition coefficient (Wildman–Crippen LogP) is 2.88. The molecule has 0 bridgehead atoms. The Morgan fingerprint density at radius 2 is 1.66 bits per heavy atom. The third-order valence-corrected chi connectivity index (χ3v) is 5.50. The number of hydrogen-bond donors (Lipinski definition) is 0. The maximum absolute atomic E-state index is 12.8. The van der Waals surface area contributed by atoms with Crippen molar-refractivity contribution in [3.05, 3.63) is 82.3 Å². The Bertz CT molecular complexity index is 954. The molecule has 154 valence electrons. The number of imidazole rings is 1. The summed E-state index contributed by atoms with van der Waals surface area (Å²) in [5.41, 5.74) is 3.24. The number of nitrogens with zero attached hydrogens (tertiary/aromatic N) is 2. The summed E-state index contributed by atoms with van der Waals surface area (Å²) >= 11 is 3.56. The summed E-state index contributed by atoms with van der Waals surface area (Å²) in [7, 11) is 0. The summed E-state index contributed by atoms with van der Waals surface area (Å²) in [5.74, 6) is 1.22. The summed E-state index contributed by atoms with van der Waals surface area (Å²) < 4.78 is 10.4. The van der Waals surface area contributed by atoms with Crippen LogP contribution < -0.4 is 26.3 Å². The van der Waals surface area contributed by atoms with Gasteiger partial charge in [-0.05, 0) is 29.0 Å². The average Bonchev–Trinajstić information content (AvgIpc) is 3.12. The second-order valence-electron chi connectivity index (χ2n) is 7.53. The van der Waals surface area contributed by atoms with Crippen molar-refractivity contribution in [2.45, 2.75) is 46.1 Å². The van der Waals surface area contributed by atoms with Gasteiger partial charge in [0.25, 0.3) is 6.33 Å². The lowest BCUT2D eigenvalue weighted by atomic mass is 9.94. The molecule has 29 heavy (non-hydrogen) atoms. The normalized spacial score (nSPS) is 10.9. The Balaban J connectivity index is 0.00000300. The highest BCUT2D eigenvalue weighted by atomic mass is 79.9. The van der Waals surface area contributed by atoms with E-state index in [1.807, 2.05) is 47.2 Å². The van der Waals surface area contributed by atoms with Gasteiger partial charge < -0.3 is 21.7 Å². The van der Waals surface area contributed by atoms with Crippen molar-refractivity contribution >= 4 is 22.0 Å². The van der Waals surface area contributed by atoms with Gasteiger partial charge in [-0.15, -0.1) is 4.57 Å². The van der Waals surface area contributed by atoms with Crippen molar-refractivity contribution in [2.75, 3.05) is 0 Å². The van der Waals surface area contributed by atoms with Crippen LogP contribution in [0, 0.1) is 0 Å². The zero-order valence-corrected chi connectivity index (χ0v) is 20.3. The number of rotatable bonds is 5. The van der Waals surface area contributed by atoms with E-state index in [0.29, 0.717) is 12.3 Å². The number of hydrogen-bond acceptors (Lipinski definition) is 2. The molecular formula is C23H26Br2N2O2. The van der Waals surface area contributed by atoms with Crippen molar-refractivity contribution < 1.29 is 31.1 Å². The SMILES string of the molecule is CC(C)c1cccc(C(C)C)c1OC(=O)n1cc[n+](Cc2ccccc2Br)c1.[Br-]. The Morgan fingerprint density at radius 1 is 1.03 bits per heavy atom. The molecule has 0 aliphatic heterocycles. The minimum atomic E-state index is -0.402. The van der Waals surface area contributed by atoms with E-state index < -0.39 is 6.09 Å². The maximum Gasteiger partial charge on any atom is 0.517 e. The molecule has 3 aromatic rings. The van der Waals surface area contributed by atoms with E-state index in [0.717, 1.165) is 21.2 Å². The quantitative estimate of drug-likeness (QED) is 0.484. The molecule has 1 aromatic heterocycles. The average molecular weight is 522 g/mol. The molecule has 2 aromatic carbocycles. The van der Waals surface area contributed by atoms with Crippen molar-refractivity contribution in [1.29, 1.82) is 0 Å². The first-order valence-corrected chi connectivity index (χ1v) is 10.3. The van der Waals surface area contributed by atoms with Gasteiger partial charge in [0.2, 0.25) is 0 Å². The third kappa shape index (κ3) is 5.58. The molecule has 0 spiro atoms. The molecule has 0 radical (unpaired) electrons. The predicted molar refractivity (Wildman–Crippen MR) is 114 cm³/mol. The monoisotopic (exact) mass is 520 g/mol. The van der Waals surface area contributed by atoms with E-state index in [9.17, 15) is 4.79 Å². The lowest BCUT2D eigenvalue weighted by molar-refractivity contribution is -0.687. The third-order valence-electron chi connectivity index (χ3n) is 4.72. The second kappa shape index (κ2) is 10.2. The van der Waals surface area contributed by atoms with Crippen LogP contribution in [0.2, 0.25) is 0 Å². The molecule has 0 aliphatic rings. The van der Waals surface area contributed by atoms with Crippen LogP contribution in [0.15, 0.2) is 65.7 Å². The van der Waals surface area contributed by atoms with Crippen LogP contribution in [0.25, 0.3) is 0 Å². The van der Waals surface area contributed by atoms with E-state index >= 15 is 0 Å². The lowest BCUT2D eigenvalue weighted by Crippen LogP contribution is -3.00. The summed E-state index contributed by atoms with van der Waals surface area (Å²) in [4.78, 5) is 12.8. The standard InChI is InChI=1S/C23H26BrN2O2.BrH/c1-16(2)19-9-7-10-20(17(3)4)22(19)28-23(27)26-13-12-25(15-26)14-18-8-5-6-11-21(18)24;/h5-13,15-17H,14H2,1-4H3;1H/q+1;/p-1. The van der Waals surface area contributed by atoms with E-state index in [2.05, 4.69) is 49.7 Å². The maximum atomic E-state index is 12.8. The summed E-state index contributed by atoms with van der Waals surface area (Å²) in [6.45, 7) is 9.11. The van der Waals surface area contributed by atoms with E-state index in [4.69, 9.17) is 4.74 Å². The number of halogens is 2. The van der Waals surface area contributed by atoms with E-state index in [-0.39, 0.29) is 28.8 Å². The zero-order chi connectivity index (χ0) is 20.3. The van der Waals surface area contributed by atoms with E-state index in [1.54, 1.807) is 12.5 Å². The number of aromatic nitrogens is 2.